The second kappa shape index (κ2) is 9.87. The standard InChI is InChI=1S/C17H16BrN5OS/c18-14-3-5-15(6-4-14)23-12-9-21-17(23)25-13-16(24)22(10-1-7-19)11-2-8-20/h3-6,9,12H,1-2,10-11,13H2. The van der Waals surface area contributed by atoms with Gasteiger partial charge in [0.25, 0.3) is 0 Å². The molecule has 0 saturated heterocycles. The smallest absolute Gasteiger partial charge is 0.233 e. The monoisotopic (exact) mass is 417 g/mol. The van der Waals surface area contributed by atoms with E-state index in [4.69, 9.17) is 10.5 Å². The van der Waals surface area contributed by atoms with Crippen molar-refractivity contribution in [1.29, 1.82) is 10.5 Å². The van der Waals surface area contributed by atoms with Gasteiger partial charge in [-0.25, -0.2) is 4.98 Å². The van der Waals surface area contributed by atoms with E-state index in [1.807, 2.05) is 47.2 Å². The summed E-state index contributed by atoms with van der Waals surface area (Å²) >= 11 is 4.75. The summed E-state index contributed by atoms with van der Waals surface area (Å²) in [4.78, 5) is 18.3. The summed E-state index contributed by atoms with van der Waals surface area (Å²) in [7, 11) is 0. The van der Waals surface area contributed by atoms with Gasteiger partial charge in [-0.15, -0.1) is 0 Å². The maximum atomic E-state index is 12.4. The largest absolute Gasteiger partial charge is 0.340 e. The van der Waals surface area contributed by atoms with Crippen LogP contribution >= 0.6 is 27.7 Å². The first-order valence-electron chi connectivity index (χ1n) is 7.59. The topological polar surface area (TPSA) is 85.7 Å². The van der Waals surface area contributed by atoms with Gasteiger partial charge in [0.1, 0.15) is 0 Å². The molecular formula is C17H16BrN5OS. The Hall–Kier alpha value is -2.29. The van der Waals surface area contributed by atoms with Crippen LogP contribution in [0.1, 0.15) is 12.8 Å². The highest BCUT2D eigenvalue weighted by atomic mass is 79.9. The molecule has 0 saturated carbocycles. The molecule has 0 bridgehead atoms. The van der Waals surface area contributed by atoms with Gasteiger partial charge in [0.05, 0.1) is 30.7 Å². The summed E-state index contributed by atoms with van der Waals surface area (Å²) in [5, 5.41) is 18.1. The highest BCUT2D eigenvalue weighted by Crippen LogP contribution is 2.22. The fraction of sp³-hybridized carbons (Fsp3) is 0.294. The van der Waals surface area contributed by atoms with Gasteiger partial charge < -0.3 is 4.90 Å². The number of amides is 1. The third kappa shape index (κ3) is 5.63. The molecule has 25 heavy (non-hydrogen) atoms. The van der Waals surface area contributed by atoms with Crippen molar-refractivity contribution >= 4 is 33.6 Å². The summed E-state index contributed by atoms with van der Waals surface area (Å²) < 4.78 is 2.91. The third-order valence-electron chi connectivity index (χ3n) is 3.38. The van der Waals surface area contributed by atoms with Crippen molar-refractivity contribution in [3.63, 3.8) is 0 Å². The Labute approximate surface area is 159 Å². The van der Waals surface area contributed by atoms with Crippen LogP contribution in [0.2, 0.25) is 0 Å². The molecule has 2 rings (SSSR count). The van der Waals surface area contributed by atoms with Crippen LogP contribution in [0.3, 0.4) is 0 Å². The molecule has 0 unspecified atom stereocenters. The van der Waals surface area contributed by atoms with Crippen molar-refractivity contribution in [2.45, 2.75) is 18.0 Å². The molecule has 6 nitrogen and oxygen atoms in total. The number of hydrogen-bond donors (Lipinski definition) is 0. The number of nitriles is 2. The number of rotatable bonds is 8. The summed E-state index contributed by atoms with van der Waals surface area (Å²) in [6.45, 7) is 0.692. The lowest BCUT2D eigenvalue weighted by Gasteiger charge is -2.20. The van der Waals surface area contributed by atoms with E-state index in [0.717, 1.165) is 15.3 Å². The van der Waals surface area contributed by atoms with Crippen molar-refractivity contribution in [2.75, 3.05) is 18.8 Å². The number of carbonyl (C=O) groups is 1. The predicted molar refractivity (Wildman–Crippen MR) is 99.0 cm³/mol. The van der Waals surface area contributed by atoms with Crippen LogP contribution in [0.5, 0.6) is 0 Å². The molecule has 0 radical (unpaired) electrons. The summed E-state index contributed by atoms with van der Waals surface area (Å²) in [5.74, 6) is 0.116. The molecule has 1 aromatic heterocycles. The minimum absolute atomic E-state index is 0.0964. The Morgan fingerprint density at radius 1 is 1.20 bits per heavy atom. The minimum atomic E-state index is -0.0964. The molecule has 128 valence electrons. The van der Waals surface area contributed by atoms with Crippen molar-refractivity contribution in [2.24, 2.45) is 0 Å². The van der Waals surface area contributed by atoms with E-state index >= 15 is 0 Å². The number of carbonyl (C=O) groups excluding carboxylic acids is 1. The highest BCUT2D eigenvalue weighted by Gasteiger charge is 2.15. The average Bonchev–Trinajstić information content (AvgIpc) is 3.09. The lowest BCUT2D eigenvalue weighted by atomic mass is 10.3. The van der Waals surface area contributed by atoms with E-state index in [0.29, 0.717) is 13.1 Å². The predicted octanol–water partition coefficient (Wildman–Crippen LogP) is 3.38. The fourth-order valence-corrected chi connectivity index (χ4v) is 3.28. The molecular weight excluding hydrogens is 402 g/mol. The number of aromatic nitrogens is 2. The van der Waals surface area contributed by atoms with E-state index in [-0.39, 0.29) is 24.5 Å². The quantitative estimate of drug-likeness (QED) is 0.614. The SMILES string of the molecule is N#CCCN(CCC#N)C(=O)CSc1nccn1-c1ccc(Br)cc1. The molecule has 2 aromatic rings. The average molecular weight is 418 g/mol. The first kappa shape index (κ1) is 19.0. The van der Waals surface area contributed by atoms with Gasteiger partial charge in [0.15, 0.2) is 5.16 Å². The molecule has 0 aliphatic heterocycles. The summed E-state index contributed by atoms with van der Waals surface area (Å²) in [6.07, 6.45) is 4.06. The Morgan fingerprint density at radius 3 is 2.44 bits per heavy atom. The zero-order chi connectivity index (χ0) is 18.1. The zero-order valence-corrected chi connectivity index (χ0v) is 15.8. The maximum Gasteiger partial charge on any atom is 0.233 e. The third-order valence-corrected chi connectivity index (χ3v) is 4.86. The Balaban J connectivity index is 2.02. The van der Waals surface area contributed by atoms with Crippen LogP contribution in [-0.4, -0.2) is 39.2 Å². The van der Waals surface area contributed by atoms with Crippen molar-refractivity contribution < 1.29 is 4.79 Å². The molecule has 1 heterocycles. The van der Waals surface area contributed by atoms with Crippen LogP contribution in [0.15, 0.2) is 46.3 Å². The Kier molecular flexibility index (Phi) is 7.52. The second-order valence-electron chi connectivity index (χ2n) is 5.04. The van der Waals surface area contributed by atoms with Crippen molar-refractivity contribution in [3.8, 4) is 17.8 Å². The number of benzene rings is 1. The Bertz CT molecular complexity index is 773. The molecule has 0 atom stereocenters. The maximum absolute atomic E-state index is 12.4. The number of nitrogens with zero attached hydrogens (tertiary/aromatic N) is 5. The lowest BCUT2D eigenvalue weighted by molar-refractivity contribution is -0.128. The van der Waals surface area contributed by atoms with Gasteiger partial charge in [-0.3, -0.25) is 9.36 Å². The number of imidazole rings is 1. The molecule has 1 amide bonds. The normalized spacial score (nSPS) is 10.0. The molecule has 0 spiro atoms. The molecule has 8 heteroatoms. The molecule has 0 aliphatic rings. The summed E-state index contributed by atoms with van der Waals surface area (Å²) in [6, 6.07) is 11.9. The van der Waals surface area contributed by atoms with Gasteiger partial charge >= 0.3 is 0 Å². The van der Waals surface area contributed by atoms with Gasteiger partial charge in [-0.2, -0.15) is 10.5 Å². The van der Waals surface area contributed by atoms with E-state index in [9.17, 15) is 4.79 Å². The lowest BCUT2D eigenvalue weighted by Crippen LogP contribution is -2.34. The van der Waals surface area contributed by atoms with Crippen LogP contribution in [0.4, 0.5) is 0 Å². The molecule has 0 fully saturated rings. The zero-order valence-electron chi connectivity index (χ0n) is 13.4. The Morgan fingerprint density at radius 2 is 1.84 bits per heavy atom. The van der Waals surface area contributed by atoms with Crippen LogP contribution in [0, 0.1) is 22.7 Å². The van der Waals surface area contributed by atoms with Gasteiger partial charge in [0, 0.05) is 35.6 Å². The fourth-order valence-electron chi connectivity index (χ4n) is 2.14. The second-order valence-corrected chi connectivity index (χ2v) is 6.90. The highest BCUT2D eigenvalue weighted by molar-refractivity contribution is 9.10. The minimum Gasteiger partial charge on any atom is -0.340 e. The van der Waals surface area contributed by atoms with Crippen molar-refractivity contribution in [1.82, 2.24) is 14.5 Å². The number of thioether (sulfide) groups is 1. The van der Waals surface area contributed by atoms with E-state index in [1.54, 1.807) is 11.1 Å². The molecule has 0 aliphatic carbocycles. The van der Waals surface area contributed by atoms with Crippen molar-refractivity contribution in [3.05, 3.63) is 41.1 Å². The first-order chi connectivity index (χ1) is 12.2. The van der Waals surface area contributed by atoms with Crippen LogP contribution < -0.4 is 0 Å². The van der Waals surface area contributed by atoms with Gasteiger partial charge in [-0.05, 0) is 24.3 Å². The van der Waals surface area contributed by atoms with E-state index in [2.05, 4.69) is 20.9 Å². The van der Waals surface area contributed by atoms with Crippen LogP contribution in [-0.2, 0) is 4.79 Å². The molecule has 1 aromatic carbocycles. The van der Waals surface area contributed by atoms with E-state index in [1.165, 1.54) is 11.8 Å². The number of halogens is 1. The van der Waals surface area contributed by atoms with Gasteiger partial charge in [0.2, 0.25) is 5.91 Å². The summed E-state index contributed by atoms with van der Waals surface area (Å²) in [5.41, 5.74) is 0.960. The number of hydrogen-bond acceptors (Lipinski definition) is 5. The van der Waals surface area contributed by atoms with E-state index < -0.39 is 0 Å². The van der Waals surface area contributed by atoms with Gasteiger partial charge in [-0.1, -0.05) is 27.7 Å². The van der Waals surface area contributed by atoms with Crippen LogP contribution in [0.25, 0.3) is 5.69 Å². The first-order valence-corrected chi connectivity index (χ1v) is 9.37. The molecule has 0 N–H and O–H groups in total.